The minimum Gasteiger partial charge on any atom is -0.343 e. The zero-order valence-electron chi connectivity index (χ0n) is 13.4. The molecule has 4 nitrogen and oxygen atoms in total. The van der Waals surface area contributed by atoms with Gasteiger partial charge in [0.15, 0.2) is 0 Å². The number of fused-ring (bicyclic) bond motifs is 1. The van der Waals surface area contributed by atoms with E-state index < -0.39 is 22.8 Å². The van der Waals surface area contributed by atoms with Crippen molar-refractivity contribution in [2.75, 3.05) is 4.90 Å². The molecule has 1 aliphatic heterocycles. The summed E-state index contributed by atoms with van der Waals surface area (Å²) in [6, 6.07) is 10.4. The summed E-state index contributed by atoms with van der Waals surface area (Å²) in [5, 5.41) is 0.300. The Morgan fingerprint density at radius 3 is 2.42 bits per heavy atom. The van der Waals surface area contributed by atoms with E-state index in [-0.39, 0.29) is 11.4 Å². The molecule has 0 unspecified atom stereocenters. The zero-order valence-corrected chi connectivity index (χ0v) is 14.2. The standard InChI is InChI=1S/C19H12F2N2O2S/c1-11-18(24)23(19(25)26-11)17-4-2-3-16-15(17)5-6-22(16)10-12-7-13(20)9-14(21)8-12/h2-9H,1,10H2. The molecule has 0 N–H and O–H groups in total. The number of thioether (sulfide) groups is 1. The minimum absolute atomic E-state index is 0.182. The van der Waals surface area contributed by atoms with Crippen LogP contribution < -0.4 is 4.90 Å². The second kappa shape index (κ2) is 6.10. The third-order valence-electron chi connectivity index (χ3n) is 4.14. The van der Waals surface area contributed by atoms with Crippen molar-refractivity contribution in [3.8, 4) is 0 Å². The first-order valence-corrected chi connectivity index (χ1v) is 8.53. The Labute approximate surface area is 151 Å². The van der Waals surface area contributed by atoms with Crippen molar-refractivity contribution in [1.82, 2.24) is 4.57 Å². The first kappa shape index (κ1) is 16.5. The SMILES string of the molecule is C=C1SC(=O)N(c2cccc3c2ccn3Cc2cc(F)cc(F)c2)C1=O. The average Bonchev–Trinajstić information content (AvgIpc) is 3.08. The number of aromatic nitrogens is 1. The van der Waals surface area contributed by atoms with Crippen LogP contribution in [0.4, 0.5) is 19.3 Å². The summed E-state index contributed by atoms with van der Waals surface area (Å²) in [5.41, 5.74) is 1.69. The highest BCUT2D eigenvalue weighted by Crippen LogP contribution is 2.37. The second-order valence-electron chi connectivity index (χ2n) is 5.86. The van der Waals surface area contributed by atoms with Crippen LogP contribution in [0.1, 0.15) is 5.56 Å². The van der Waals surface area contributed by atoms with Crippen LogP contribution in [-0.2, 0) is 11.3 Å². The predicted molar refractivity (Wildman–Crippen MR) is 97.0 cm³/mol. The number of carbonyl (C=O) groups excluding carboxylic acids is 2. The van der Waals surface area contributed by atoms with Gasteiger partial charge in [-0.1, -0.05) is 12.6 Å². The molecule has 1 fully saturated rings. The topological polar surface area (TPSA) is 42.3 Å². The number of hydrogen-bond acceptors (Lipinski definition) is 3. The maximum Gasteiger partial charge on any atom is 0.298 e. The summed E-state index contributed by atoms with van der Waals surface area (Å²) in [7, 11) is 0. The van der Waals surface area contributed by atoms with Crippen molar-refractivity contribution in [2.24, 2.45) is 0 Å². The molecule has 130 valence electrons. The van der Waals surface area contributed by atoms with E-state index in [1.807, 2.05) is 6.07 Å². The number of benzene rings is 2. The number of amides is 2. The zero-order chi connectivity index (χ0) is 18.4. The summed E-state index contributed by atoms with van der Waals surface area (Å²) in [6.07, 6.45) is 1.75. The Hall–Kier alpha value is -2.93. The van der Waals surface area contributed by atoms with Gasteiger partial charge in [-0.3, -0.25) is 9.59 Å². The quantitative estimate of drug-likeness (QED) is 0.629. The molecule has 0 atom stereocenters. The summed E-state index contributed by atoms with van der Waals surface area (Å²) < 4.78 is 28.6. The molecular formula is C19H12F2N2O2S. The van der Waals surface area contributed by atoms with Crippen LogP contribution in [0.5, 0.6) is 0 Å². The van der Waals surface area contributed by atoms with Crippen LogP contribution in [0, 0.1) is 11.6 Å². The van der Waals surface area contributed by atoms with Gasteiger partial charge in [0.05, 0.1) is 16.1 Å². The van der Waals surface area contributed by atoms with Crippen molar-refractivity contribution in [3.63, 3.8) is 0 Å². The molecule has 2 amide bonds. The van der Waals surface area contributed by atoms with Gasteiger partial charge in [0.2, 0.25) is 0 Å². The maximum atomic E-state index is 13.4. The van der Waals surface area contributed by atoms with Crippen LogP contribution >= 0.6 is 11.8 Å². The van der Waals surface area contributed by atoms with E-state index in [1.165, 1.54) is 12.1 Å². The van der Waals surface area contributed by atoms with E-state index >= 15 is 0 Å². The number of rotatable bonds is 3. The van der Waals surface area contributed by atoms with Crippen LogP contribution in [0.3, 0.4) is 0 Å². The van der Waals surface area contributed by atoms with Crippen molar-refractivity contribution >= 4 is 39.5 Å². The normalized spacial score (nSPS) is 14.7. The Morgan fingerprint density at radius 1 is 1.04 bits per heavy atom. The molecule has 0 radical (unpaired) electrons. The third-order valence-corrected chi connectivity index (χ3v) is 4.92. The van der Waals surface area contributed by atoms with E-state index in [9.17, 15) is 18.4 Å². The number of nitrogens with zero attached hydrogens (tertiary/aromatic N) is 2. The minimum atomic E-state index is -0.638. The molecule has 7 heteroatoms. The molecule has 1 saturated heterocycles. The van der Waals surface area contributed by atoms with Crippen LogP contribution in [0.15, 0.2) is 60.1 Å². The van der Waals surface area contributed by atoms with Crippen molar-refractivity contribution in [1.29, 1.82) is 0 Å². The van der Waals surface area contributed by atoms with E-state index in [2.05, 4.69) is 6.58 Å². The van der Waals surface area contributed by atoms with Gasteiger partial charge in [-0.25, -0.2) is 13.7 Å². The number of carbonyl (C=O) groups is 2. The fourth-order valence-corrected chi connectivity index (χ4v) is 3.71. The van der Waals surface area contributed by atoms with E-state index in [4.69, 9.17) is 0 Å². The lowest BCUT2D eigenvalue weighted by Gasteiger charge is -2.14. The second-order valence-corrected chi connectivity index (χ2v) is 6.91. The molecule has 1 aliphatic rings. The molecule has 1 aromatic heterocycles. The largest absolute Gasteiger partial charge is 0.343 e. The van der Waals surface area contributed by atoms with Gasteiger partial charge < -0.3 is 4.57 Å². The van der Waals surface area contributed by atoms with Crippen molar-refractivity contribution < 1.29 is 18.4 Å². The summed E-state index contributed by atoms with van der Waals surface area (Å²) >= 11 is 0.806. The Balaban J connectivity index is 1.77. The molecule has 0 aliphatic carbocycles. The number of hydrogen-bond donors (Lipinski definition) is 0. The molecule has 0 spiro atoms. The van der Waals surface area contributed by atoms with Gasteiger partial charge in [-0.15, -0.1) is 0 Å². The molecule has 26 heavy (non-hydrogen) atoms. The van der Waals surface area contributed by atoms with Crippen LogP contribution in [0.2, 0.25) is 0 Å². The Bertz CT molecular complexity index is 1070. The summed E-state index contributed by atoms with van der Waals surface area (Å²) in [4.78, 5) is 25.6. The fraction of sp³-hybridized carbons (Fsp3) is 0.0526. The van der Waals surface area contributed by atoms with Crippen LogP contribution in [-0.4, -0.2) is 15.7 Å². The monoisotopic (exact) mass is 370 g/mol. The van der Waals surface area contributed by atoms with Gasteiger partial charge >= 0.3 is 0 Å². The Kier molecular flexibility index (Phi) is 3.88. The first-order valence-electron chi connectivity index (χ1n) is 7.72. The number of halogens is 2. The van der Waals surface area contributed by atoms with E-state index in [0.29, 0.717) is 16.6 Å². The van der Waals surface area contributed by atoms with Crippen molar-refractivity contribution in [3.05, 3.63) is 77.3 Å². The first-order chi connectivity index (χ1) is 12.4. The van der Waals surface area contributed by atoms with Gasteiger partial charge in [-0.2, -0.15) is 0 Å². The summed E-state index contributed by atoms with van der Waals surface area (Å²) in [5.74, 6) is -1.71. The van der Waals surface area contributed by atoms with Gasteiger partial charge in [-0.05, 0) is 47.7 Å². The lowest BCUT2D eigenvalue weighted by molar-refractivity contribution is -0.113. The number of imide groups is 1. The molecule has 4 rings (SSSR count). The summed E-state index contributed by atoms with van der Waals surface area (Å²) in [6.45, 7) is 3.85. The smallest absolute Gasteiger partial charge is 0.298 e. The molecule has 2 aromatic carbocycles. The molecule has 0 bridgehead atoms. The molecule has 0 saturated carbocycles. The highest BCUT2D eigenvalue weighted by molar-refractivity contribution is 8.18. The van der Waals surface area contributed by atoms with Gasteiger partial charge in [0, 0.05) is 24.2 Å². The number of anilines is 1. The highest BCUT2D eigenvalue weighted by atomic mass is 32.2. The maximum absolute atomic E-state index is 13.4. The van der Waals surface area contributed by atoms with Crippen LogP contribution in [0.25, 0.3) is 10.9 Å². The van der Waals surface area contributed by atoms with E-state index in [0.717, 1.165) is 28.2 Å². The molecule has 2 heterocycles. The predicted octanol–water partition coefficient (Wildman–Crippen LogP) is 4.68. The molecule has 3 aromatic rings. The van der Waals surface area contributed by atoms with Gasteiger partial charge in [0.1, 0.15) is 11.6 Å². The third kappa shape index (κ3) is 2.70. The lowest BCUT2D eigenvalue weighted by atomic mass is 10.2. The highest BCUT2D eigenvalue weighted by Gasteiger charge is 2.36. The average molecular weight is 370 g/mol. The Morgan fingerprint density at radius 2 is 1.77 bits per heavy atom. The lowest BCUT2D eigenvalue weighted by Crippen LogP contribution is -2.27. The van der Waals surface area contributed by atoms with Crippen molar-refractivity contribution in [2.45, 2.75) is 6.54 Å². The fourth-order valence-electron chi connectivity index (χ4n) is 3.05. The van der Waals surface area contributed by atoms with E-state index in [1.54, 1.807) is 29.0 Å². The molecular weight excluding hydrogens is 358 g/mol. The van der Waals surface area contributed by atoms with Gasteiger partial charge in [0.25, 0.3) is 11.1 Å².